The molecular formula is C8H17NO5. The van der Waals surface area contributed by atoms with E-state index in [9.17, 15) is 15.3 Å². The molecule has 4 N–H and O–H groups in total. The number of hydrogen-bond donors (Lipinski definition) is 4. The summed E-state index contributed by atoms with van der Waals surface area (Å²) in [6.07, 6.45) is -4.46. The maximum atomic E-state index is 9.64. The molecule has 1 aliphatic heterocycles. The minimum atomic E-state index is -1.21. The van der Waals surface area contributed by atoms with E-state index in [1.54, 1.807) is 19.0 Å². The fraction of sp³-hybridized carbons (Fsp3) is 1.00. The lowest BCUT2D eigenvalue weighted by atomic mass is 9.96. The molecule has 0 aromatic carbocycles. The van der Waals surface area contributed by atoms with Crippen LogP contribution in [0.3, 0.4) is 0 Å². The molecule has 0 saturated carbocycles. The first-order valence-electron chi connectivity index (χ1n) is 4.46. The molecule has 6 nitrogen and oxygen atoms in total. The molecule has 84 valence electrons. The lowest BCUT2D eigenvalue weighted by Gasteiger charge is -2.42. The molecular weight excluding hydrogens is 190 g/mol. The van der Waals surface area contributed by atoms with Crippen molar-refractivity contribution in [2.45, 2.75) is 30.6 Å². The van der Waals surface area contributed by atoms with Gasteiger partial charge in [-0.1, -0.05) is 0 Å². The van der Waals surface area contributed by atoms with Crippen LogP contribution in [0.15, 0.2) is 0 Å². The van der Waals surface area contributed by atoms with Gasteiger partial charge in [0.1, 0.15) is 18.3 Å². The molecule has 1 fully saturated rings. The predicted molar refractivity (Wildman–Crippen MR) is 47.5 cm³/mol. The number of nitrogens with zero attached hydrogens (tertiary/aromatic N) is 1. The van der Waals surface area contributed by atoms with Gasteiger partial charge in [0, 0.05) is 0 Å². The fourth-order valence-electron chi connectivity index (χ4n) is 1.64. The van der Waals surface area contributed by atoms with E-state index in [1.165, 1.54) is 0 Å². The zero-order valence-corrected chi connectivity index (χ0v) is 8.24. The quantitative estimate of drug-likeness (QED) is 0.395. The van der Waals surface area contributed by atoms with E-state index in [4.69, 9.17) is 9.84 Å². The number of aliphatic hydroxyl groups excluding tert-OH is 4. The second kappa shape index (κ2) is 4.52. The summed E-state index contributed by atoms with van der Waals surface area (Å²) in [4.78, 5) is 1.56. The summed E-state index contributed by atoms with van der Waals surface area (Å²) >= 11 is 0. The first-order chi connectivity index (χ1) is 6.49. The van der Waals surface area contributed by atoms with Gasteiger partial charge in [-0.15, -0.1) is 0 Å². The third-order valence-corrected chi connectivity index (χ3v) is 2.46. The standard InChI is InChI=1S/C8H17NO5/c1-9(2)5-7(12)6(11)4(3-10)14-8(5)13/h4-8,10-13H,3H2,1-2H3. The van der Waals surface area contributed by atoms with Gasteiger partial charge in [-0.2, -0.15) is 0 Å². The van der Waals surface area contributed by atoms with Gasteiger partial charge in [0.05, 0.1) is 12.6 Å². The Balaban J connectivity index is 2.74. The van der Waals surface area contributed by atoms with Crippen LogP contribution in [0, 0.1) is 0 Å². The van der Waals surface area contributed by atoms with E-state index in [0.717, 1.165) is 0 Å². The van der Waals surface area contributed by atoms with Crippen molar-refractivity contribution in [1.29, 1.82) is 0 Å². The van der Waals surface area contributed by atoms with Crippen molar-refractivity contribution in [3.8, 4) is 0 Å². The van der Waals surface area contributed by atoms with Gasteiger partial charge in [-0.25, -0.2) is 0 Å². The molecule has 0 aromatic rings. The van der Waals surface area contributed by atoms with E-state index < -0.39 is 37.3 Å². The molecule has 0 spiro atoms. The van der Waals surface area contributed by atoms with E-state index in [1.807, 2.05) is 0 Å². The second-order valence-electron chi connectivity index (χ2n) is 3.68. The van der Waals surface area contributed by atoms with Crippen LogP contribution in [0.2, 0.25) is 0 Å². The average molecular weight is 207 g/mol. The molecule has 0 amide bonds. The van der Waals surface area contributed by atoms with E-state index in [-0.39, 0.29) is 0 Å². The highest BCUT2D eigenvalue weighted by molar-refractivity contribution is 4.92. The summed E-state index contributed by atoms with van der Waals surface area (Å²) in [6.45, 7) is -0.435. The van der Waals surface area contributed by atoms with Crippen LogP contribution in [-0.2, 0) is 4.74 Å². The number of rotatable bonds is 2. The number of hydrogen-bond acceptors (Lipinski definition) is 6. The van der Waals surface area contributed by atoms with E-state index >= 15 is 0 Å². The van der Waals surface area contributed by atoms with Crippen molar-refractivity contribution in [2.24, 2.45) is 0 Å². The average Bonchev–Trinajstić information content (AvgIpc) is 2.10. The Labute approximate surface area is 82.3 Å². The molecule has 1 aliphatic rings. The predicted octanol–water partition coefficient (Wildman–Crippen LogP) is -2.65. The molecule has 1 saturated heterocycles. The SMILES string of the molecule is CN(C)C1C(O)OC(CO)C(O)C1O. The largest absolute Gasteiger partial charge is 0.394 e. The summed E-state index contributed by atoms with van der Waals surface area (Å²) < 4.78 is 4.95. The lowest BCUT2D eigenvalue weighted by molar-refractivity contribution is -0.268. The van der Waals surface area contributed by atoms with Crippen molar-refractivity contribution in [2.75, 3.05) is 20.7 Å². The van der Waals surface area contributed by atoms with Crippen molar-refractivity contribution >= 4 is 0 Å². The van der Waals surface area contributed by atoms with Crippen LogP contribution in [0.4, 0.5) is 0 Å². The first-order valence-corrected chi connectivity index (χ1v) is 4.46. The van der Waals surface area contributed by atoms with Gasteiger partial charge < -0.3 is 25.2 Å². The Hall–Kier alpha value is -0.240. The molecule has 0 radical (unpaired) electrons. The van der Waals surface area contributed by atoms with Crippen molar-refractivity contribution < 1.29 is 25.2 Å². The number of likely N-dealkylation sites (N-methyl/N-ethyl adjacent to an activating group) is 1. The molecule has 6 heteroatoms. The van der Waals surface area contributed by atoms with Crippen LogP contribution >= 0.6 is 0 Å². The van der Waals surface area contributed by atoms with Gasteiger partial charge >= 0.3 is 0 Å². The maximum absolute atomic E-state index is 9.64. The molecule has 0 bridgehead atoms. The highest BCUT2D eigenvalue weighted by Crippen LogP contribution is 2.22. The van der Waals surface area contributed by atoms with Gasteiger partial charge in [0.2, 0.25) is 0 Å². The van der Waals surface area contributed by atoms with Crippen LogP contribution in [0.1, 0.15) is 0 Å². The van der Waals surface area contributed by atoms with Crippen LogP contribution in [0.25, 0.3) is 0 Å². The fourth-order valence-corrected chi connectivity index (χ4v) is 1.64. The molecule has 1 heterocycles. The number of ether oxygens (including phenoxy) is 1. The Morgan fingerprint density at radius 1 is 1.14 bits per heavy atom. The second-order valence-corrected chi connectivity index (χ2v) is 3.68. The molecule has 14 heavy (non-hydrogen) atoms. The smallest absolute Gasteiger partial charge is 0.173 e. The topological polar surface area (TPSA) is 93.4 Å². The zero-order chi connectivity index (χ0) is 10.9. The number of aliphatic hydroxyl groups is 4. The lowest BCUT2D eigenvalue weighted by Crippen LogP contribution is -2.62. The van der Waals surface area contributed by atoms with Gasteiger partial charge in [-0.05, 0) is 14.1 Å². The Kier molecular flexibility index (Phi) is 3.82. The van der Waals surface area contributed by atoms with Crippen LogP contribution in [-0.4, -0.2) is 76.7 Å². The minimum Gasteiger partial charge on any atom is -0.394 e. The Morgan fingerprint density at radius 3 is 2.14 bits per heavy atom. The Morgan fingerprint density at radius 2 is 1.71 bits per heavy atom. The Bertz CT molecular complexity index is 189. The molecule has 5 atom stereocenters. The van der Waals surface area contributed by atoms with Gasteiger partial charge in [0.15, 0.2) is 6.29 Å². The van der Waals surface area contributed by atoms with E-state index in [2.05, 4.69) is 0 Å². The molecule has 5 unspecified atom stereocenters. The van der Waals surface area contributed by atoms with Crippen molar-refractivity contribution in [3.63, 3.8) is 0 Å². The maximum Gasteiger partial charge on any atom is 0.173 e. The monoisotopic (exact) mass is 207 g/mol. The van der Waals surface area contributed by atoms with Gasteiger partial charge in [0.25, 0.3) is 0 Å². The van der Waals surface area contributed by atoms with Crippen LogP contribution < -0.4 is 0 Å². The minimum absolute atomic E-state index is 0.435. The molecule has 0 aromatic heterocycles. The van der Waals surface area contributed by atoms with Crippen molar-refractivity contribution in [1.82, 2.24) is 4.90 Å². The third-order valence-electron chi connectivity index (χ3n) is 2.46. The first kappa shape index (κ1) is 11.8. The summed E-state index contributed by atoms with van der Waals surface area (Å²) in [5.74, 6) is 0. The van der Waals surface area contributed by atoms with Crippen molar-refractivity contribution in [3.05, 3.63) is 0 Å². The normalized spacial score (nSPS) is 44.4. The van der Waals surface area contributed by atoms with Gasteiger partial charge in [-0.3, -0.25) is 4.90 Å². The zero-order valence-electron chi connectivity index (χ0n) is 8.24. The summed E-state index contributed by atoms with van der Waals surface area (Å²) in [5, 5.41) is 37.4. The summed E-state index contributed by atoms with van der Waals surface area (Å²) in [5.41, 5.74) is 0. The highest BCUT2D eigenvalue weighted by atomic mass is 16.6. The molecule has 0 aliphatic carbocycles. The molecule has 1 rings (SSSR count). The van der Waals surface area contributed by atoms with E-state index in [0.29, 0.717) is 0 Å². The highest BCUT2D eigenvalue weighted by Gasteiger charge is 2.44. The van der Waals surface area contributed by atoms with Crippen LogP contribution in [0.5, 0.6) is 0 Å². The third kappa shape index (κ3) is 2.05. The summed E-state index contributed by atoms with van der Waals surface area (Å²) in [6, 6.07) is -0.687. The summed E-state index contributed by atoms with van der Waals surface area (Å²) in [7, 11) is 3.32.